The molecule has 46 heavy (non-hydrogen) atoms. The van der Waals surface area contributed by atoms with E-state index in [1.165, 1.54) is 17.1 Å². The highest BCUT2D eigenvalue weighted by Gasteiger charge is 2.27. The maximum absolute atomic E-state index is 13.9. The number of aryl methyl sites for hydroxylation is 2. The maximum Gasteiger partial charge on any atom is 0.317 e. The number of nitrogens with one attached hydrogen (secondary N) is 2. The van der Waals surface area contributed by atoms with Crippen molar-refractivity contribution in [1.82, 2.24) is 34.5 Å². The summed E-state index contributed by atoms with van der Waals surface area (Å²) in [6.07, 6.45) is 1.80. The van der Waals surface area contributed by atoms with Crippen molar-refractivity contribution in [3.8, 4) is 11.3 Å². The molecule has 0 unspecified atom stereocenters. The molecular weight excluding hydrogens is 599 g/mol. The van der Waals surface area contributed by atoms with E-state index in [-0.39, 0.29) is 11.9 Å². The van der Waals surface area contributed by atoms with Gasteiger partial charge in [0, 0.05) is 68.4 Å². The first kappa shape index (κ1) is 29.6. The van der Waals surface area contributed by atoms with Crippen LogP contribution in [0.4, 0.5) is 22.0 Å². The van der Waals surface area contributed by atoms with Crippen LogP contribution in [-0.2, 0) is 26.7 Å². The summed E-state index contributed by atoms with van der Waals surface area (Å²) in [5.74, 6) is 0.788. The summed E-state index contributed by atoms with van der Waals surface area (Å²) in [5.41, 5.74) is 8.34. The number of nitrogens with zero attached hydrogens (tertiary/aromatic N) is 7. The number of carbonyl (C=O) groups is 2. The molecule has 2 N–H and O–H groups in total. The first-order valence-corrected chi connectivity index (χ1v) is 16.2. The van der Waals surface area contributed by atoms with Gasteiger partial charge in [-0.2, -0.15) is 5.10 Å². The van der Waals surface area contributed by atoms with E-state index in [1.54, 1.807) is 15.8 Å². The smallest absolute Gasteiger partial charge is 0.317 e. The van der Waals surface area contributed by atoms with E-state index < -0.39 is 0 Å². The van der Waals surface area contributed by atoms with Crippen LogP contribution in [0.1, 0.15) is 32.6 Å². The van der Waals surface area contributed by atoms with Gasteiger partial charge in [0.2, 0.25) is 0 Å². The lowest BCUT2D eigenvalue weighted by molar-refractivity contribution is 0.0985. The van der Waals surface area contributed by atoms with Crippen molar-refractivity contribution in [2.45, 2.75) is 26.6 Å². The molecule has 234 valence electrons. The molecule has 5 aromatic rings. The highest BCUT2D eigenvalue weighted by Crippen LogP contribution is 2.36. The monoisotopic (exact) mass is 633 g/mol. The molecule has 2 aromatic heterocycles. The Labute approximate surface area is 271 Å². The summed E-state index contributed by atoms with van der Waals surface area (Å²) in [6, 6.07) is 21.8. The molecule has 1 fully saturated rings. The van der Waals surface area contributed by atoms with Gasteiger partial charge in [-0.05, 0) is 65.5 Å². The lowest BCUT2D eigenvalue weighted by atomic mass is 10.0. The zero-order valence-corrected chi connectivity index (χ0v) is 26.6. The van der Waals surface area contributed by atoms with Crippen LogP contribution in [-0.4, -0.2) is 67.3 Å². The summed E-state index contributed by atoms with van der Waals surface area (Å²) in [5, 5.41) is 17.0. The number of rotatable bonds is 6. The Morgan fingerprint density at radius 2 is 1.85 bits per heavy atom. The van der Waals surface area contributed by atoms with E-state index in [9.17, 15) is 9.59 Å². The molecule has 11 nitrogen and oxygen atoms in total. The van der Waals surface area contributed by atoms with Crippen LogP contribution in [0.15, 0.2) is 78.3 Å². The summed E-state index contributed by atoms with van der Waals surface area (Å²) < 4.78 is 5.76. The average molecular weight is 634 g/mol. The van der Waals surface area contributed by atoms with E-state index in [1.807, 2.05) is 66.7 Å². The third-order valence-electron chi connectivity index (χ3n) is 8.70. The van der Waals surface area contributed by atoms with Gasteiger partial charge in [0.15, 0.2) is 0 Å². The van der Waals surface area contributed by atoms with Crippen LogP contribution in [0.5, 0.6) is 0 Å². The van der Waals surface area contributed by atoms with E-state index in [0.29, 0.717) is 31.7 Å². The molecule has 2 aliphatic heterocycles. The molecule has 0 atom stereocenters. The van der Waals surface area contributed by atoms with E-state index in [2.05, 4.69) is 54.5 Å². The van der Waals surface area contributed by atoms with Crippen LogP contribution in [0, 0.1) is 6.92 Å². The van der Waals surface area contributed by atoms with Crippen LogP contribution in [0.2, 0.25) is 0 Å². The summed E-state index contributed by atoms with van der Waals surface area (Å²) >= 11 is 1.35. The average Bonchev–Trinajstić information content (AvgIpc) is 3.70. The fraction of sp³-hybridized carbons (Fsp3) is 0.265. The van der Waals surface area contributed by atoms with Crippen molar-refractivity contribution in [2.24, 2.45) is 7.05 Å². The molecule has 0 saturated carbocycles. The van der Waals surface area contributed by atoms with Gasteiger partial charge in [-0.1, -0.05) is 40.9 Å². The standard InChI is InChI=1S/C34H35N9O2S/c1-23-16-26(33(44)43-21-28-19-36-40(2)32(28)37-29-8-3-4-9-31(29)43)10-11-27(23)18-35-34(45)42-14-12-41(13-15-42)20-24-6-5-7-25(17-24)30-22-46-39-38-30/h3-11,16-17,19,22,37H,12-15,18,20-21H2,1-2H3,(H,35,45). The molecule has 0 aliphatic carbocycles. The van der Waals surface area contributed by atoms with E-state index in [4.69, 9.17) is 0 Å². The summed E-state index contributed by atoms with van der Waals surface area (Å²) in [6.45, 7) is 6.56. The second kappa shape index (κ2) is 12.7. The molecule has 2 aliphatic rings. The van der Waals surface area contributed by atoms with Gasteiger partial charge in [-0.15, -0.1) is 5.10 Å². The minimum absolute atomic E-state index is 0.0711. The van der Waals surface area contributed by atoms with Gasteiger partial charge in [0.05, 0.1) is 24.1 Å². The number of piperazine rings is 1. The van der Waals surface area contributed by atoms with Gasteiger partial charge >= 0.3 is 6.03 Å². The first-order chi connectivity index (χ1) is 22.4. The minimum Gasteiger partial charge on any atom is -0.338 e. The van der Waals surface area contributed by atoms with Crippen LogP contribution in [0.3, 0.4) is 0 Å². The first-order valence-electron chi connectivity index (χ1n) is 15.3. The molecule has 12 heteroatoms. The normalized spacial score (nSPS) is 14.7. The fourth-order valence-electron chi connectivity index (χ4n) is 6.09. The fourth-order valence-corrected chi connectivity index (χ4v) is 6.56. The quantitative estimate of drug-likeness (QED) is 0.265. The highest BCUT2D eigenvalue weighted by molar-refractivity contribution is 7.03. The topological polar surface area (TPSA) is 112 Å². The summed E-state index contributed by atoms with van der Waals surface area (Å²) in [4.78, 5) is 33.0. The number of fused-ring (bicyclic) bond motifs is 2. The van der Waals surface area contributed by atoms with Crippen LogP contribution >= 0.6 is 11.5 Å². The van der Waals surface area contributed by atoms with Crippen molar-refractivity contribution in [3.05, 3.63) is 106 Å². The van der Waals surface area contributed by atoms with Crippen LogP contribution < -0.4 is 15.5 Å². The predicted octanol–water partition coefficient (Wildman–Crippen LogP) is 5.18. The second-order valence-corrected chi connectivity index (χ2v) is 12.3. The zero-order valence-electron chi connectivity index (χ0n) is 25.8. The predicted molar refractivity (Wildman–Crippen MR) is 179 cm³/mol. The molecule has 4 heterocycles. The van der Waals surface area contributed by atoms with Crippen molar-refractivity contribution >= 4 is 40.7 Å². The van der Waals surface area contributed by atoms with E-state index in [0.717, 1.165) is 64.8 Å². The maximum atomic E-state index is 13.9. The minimum atomic E-state index is -0.0885. The van der Waals surface area contributed by atoms with Gasteiger partial charge in [-0.3, -0.25) is 14.4 Å². The summed E-state index contributed by atoms with van der Waals surface area (Å²) in [7, 11) is 1.89. The van der Waals surface area contributed by atoms with E-state index >= 15 is 0 Å². The third-order valence-corrected chi connectivity index (χ3v) is 9.21. The Kier molecular flexibility index (Phi) is 8.20. The van der Waals surface area contributed by atoms with Gasteiger partial charge in [0.25, 0.3) is 5.91 Å². The second-order valence-electron chi connectivity index (χ2n) is 11.7. The Morgan fingerprint density at radius 3 is 2.65 bits per heavy atom. The van der Waals surface area contributed by atoms with Crippen molar-refractivity contribution in [3.63, 3.8) is 0 Å². The number of anilines is 3. The molecular formula is C34H35N9O2S. The SMILES string of the molecule is Cc1cc(C(=O)N2Cc3cnn(C)c3Nc3ccccc32)ccc1CNC(=O)N1CCN(Cc2cccc(-c3csnn3)c2)CC1. The number of carbonyl (C=O) groups excluding carboxylic acids is 2. The lowest BCUT2D eigenvalue weighted by Crippen LogP contribution is -2.51. The van der Waals surface area contributed by atoms with Crippen molar-refractivity contribution < 1.29 is 9.59 Å². The number of para-hydroxylation sites is 2. The Balaban J connectivity index is 0.947. The van der Waals surface area contributed by atoms with Crippen molar-refractivity contribution in [1.29, 1.82) is 0 Å². The highest BCUT2D eigenvalue weighted by atomic mass is 32.1. The number of benzene rings is 3. The van der Waals surface area contributed by atoms with Gasteiger partial charge < -0.3 is 20.4 Å². The number of aromatic nitrogens is 4. The lowest BCUT2D eigenvalue weighted by Gasteiger charge is -2.34. The third kappa shape index (κ3) is 6.09. The molecule has 0 radical (unpaired) electrons. The molecule has 3 aromatic carbocycles. The number of amides is 3. The van der Waals surface area contributed by atoms with Crippen LogP contribution in [0.25, 0.3) is 11.3 Å². The number of urea groups is 1. The molecule has 0 spiro atoms. The molecule has 7 rings (SSSR count). The number of hydrogen-bond donors (Lipinski definition) is 2. The molecule has 3 amide bonds. The van der Waals surface area contributed by atoms with Gasteiger partial charge in [-0.25, -0.2) is 4.79 Å². The largest absolute Gasteiger partial charge is 0.338 e. The number of hydrogen-bond acceptors (Lipinski definition) is 8. The Hall–Kier alpha value is -5.07. The van der Waals surface area contributed by atoms with Crippen molar-refractivity contribution in [2.75, 3.05) is 36.4 Å². The Bertz CT molecular complexity index is 1880. The zero-order chi connectivity index (χ0) is 31.6. The van der Waals surface area contributed by atoms with Gasteiger partial charge in [0.1, 0.15) is 11.5 Å². The molecule has 0 bridgehead atoms. The Morgan fingerprint density at radius 1 is 1.00 bits per heavy atom. The molecule has 1 saturated heterocycles.